The Morgan fingerprint density at radius 1 is 0.944 bits per heavy atom. The van der Waals surface area contributed by atoms with Crippen LogP contribution in [0.2, 0.25) is 0 Å². The number of hydrogen-bond acceptors (Lipinski definition) is 1. The second-order valence-corrected chi connectivity index (χ2v) is 5.02. The third kappa shape index (κ3) is 6.58. The van der Waals surface area contributed by atoms with E-state index in [-0.39, 0.29) is 6.61 Å². The van der Waals surface area contributed by atoms with Gasteiger partial charge in [0.15, 0.2) is 0 Å². The Balaban J connectivity index is 0.000000199. The van der Waals surface area contributed by atoms with Crippen molar-refractivity contribution >= 4 is 15.9 Å². The molecule has 1 nitrogen and oxygen atoms in total. The molecule has 2 aromatic carbocycles. The van der Waals surface area contributed by atoms with Gasteiger partial charge >= 0.3 is 0 Å². The SMILES string of the molecule is Brc1ccccc1.Cc1ccc(CCCO)cc1. The number of aryl methyl sites for hydroxylation is 2. The Morgan fingerprint density at radius 3 is 2.00 bits per heavy atom. The fourth-order valence-corrected chi connectivity index (χ4v) is 1.76. The van der Waals surface area contributed by atoms with Gasteiger partial charge in [0.1, 0.15) is 0 Å². The summed E-state index contributed by atoms with van der Waals surface area (Å²) in [5, 5.41) is 8.58. The molecule has 1 N–H and O–H groups in total. The van der Waals surface area contributed by atoms with Gasteiger partial charge in [-0.2, -0.15) is 0 Å². The molecule has 0 amide bonds. The molecule has 96 valence electrons. The van der Waals surface area contributed by atoms with Gasteiger partial charge in [0, 0.05) is 11.1 Å². The van der Waals surface area contributed by atoms with Crippen LogP contribution in [0.3, 0.4) is 0 Å². The maximum Gasteiger partial charge on any atom is 0.0434 e. The summed E-state index contributed by atoms with van der Waals surface area (Å²) in [6.07, 6.45) is 1.85. The summed E-state index contributed by atoms with van der Waals surface area (Å²) >= 11 is 3.31. The van der Waals surface area contributed by atoms with Gasteiger partial charge in [-0.15, -0.1) is 0 Å². The molecule has 0 saturated carbocycles. The van der Waals surface area contributed by atoms with Gasteiger partial charge in [-0.1, -0.05) is 64.0 Å². The van der Waals surface area contributed by atoms with Crippen molar-refractivity contribution in [2.45, 2.75) is 19.8 Å². The highest BCUT2D eigenvalue weighted by molar-refractivity contribution is 9.10. The van der Waals surface area contributed by atoms with Crippen molar-refractivity contribution in [1.29, 1.82) is 0 Å². The predicted octanol–water partition coefficient (Wildman–Crippen LogP) is 4.37. The quantitative estimate of drug-likeness (QED) is 0.893. The molecule has 0 heterocycles. The number of aliphatic hydroxyl groups is 1. The van der Waals surface area contributed by atoms with E-state index >= 15 is 0 Å². The molecule has 0 radical (unpaired) electrons. The fraction of sp³-hybridized carbons (Fsp3) is 0.250. The molecule has 0 fully saturated rings. The van der Waals surface area contributed by atoms with Crippen LogP contribution in [-0.2, 0) is 6.42 Å². The van der Waals surface area contributed by atoms with Crippen LogP contribution < -0.4 is 0 Å². The Bertz CT molecular complexity index is 423. The zero-order valence-electron chi connectivity index (χ0n) is 10.6. The molecule has 0 aliphatic carbocycles. The van der Waals surface area contributed by atoms with E-state index in [1.165, 1.54) is 11.1 Å². The van der Waals surface area contributed by atoms with Crippen LogP contribution in [0.5, 0.6) is 0 Å². The summed E-state index contributed by atoms with van der Waals surface area (Å²) < 4.78 is 1.13. The molecule has 2 rings (SSSR count). The minimum absolute atomic E-state index is 0.286. The van der Waals surface area contributed by atoms with Crippen LogP contribution in [0.1, 0.15) is 17.5 Å². The highest BCUT2D eigenvalue weighted by Gasteiger charge is 1.90. The molecule has 2 aromatic rings. The van der Waals surface area contributed by atoms with Gasteiger partial charge in [0.05, 0.1) is 0 Å². The average Bonchev–Trinajstić information content (AvgIpc) is 2.40. The maximum atomic E-state index is 8.58. The number of benzene rings is 2. The van der Waals surface area contributed by atoms with E-state index in [0.717, 1.165) is 17.3 Å². The van der Waals surface area contributed by atoms with Crippen LogP contribution in [0.15, 0.2) is 59.1 Å². The second-order valence-electron chi connectivity index (χ2n) is 4.11. The first-order valence-corrected chi connectivity index (χ1v) is 6.88. The van der Waals surface area contributed by atoms with Crippen molar-refractivity contribution in [1.82, 2.24) is 0 Å². The summed E-state index contributed by atoms with van der Waals surface area (Å²) in [5.41, 5.74) is 2.60. The predicted molar refractivity (Wildman–Crippen MR) is 80.7 cm³/mol. The summed E-state index contributed by atoms with van der Waals surface area (Å²) in [4.78, 5) is 0. The van der Waals surface area contributed by atoms with Crippen molar-refractivity contribution in [3.8, 4) is 0 Å². The summed E-state index contributed by atoms with van der Waals surface area (Å²) in [5.74, 6) is 0. The van der Waals surface area contributed by atoms with Crippen molar-refractivity contribution in [2.24, 2.45) is 0 Å². The molecule has 0 atom stereocenters. The summed E-state index contributed by atoms with van der Waals surface area (Å²) in [6.45, 7) is 2.36. The Hall–Kier alpha value is -1.12. The van der Waals surface area contributed by atoms with E-state index in [9.17, 15) is 0 Å². The molecule has 2 heteroatoms. The lowest BCUT2D eigenvalue weighted by Gasteiger charge is -1.98. The van der Waals surface area contributed by atoms with Gasteiger partial charge in [-0.3, -0.25) is 0 Å². The first-order valence-electron chi connectivity index (χ1n) is 6.09. The lowest BCUT2D eigenvalue weighted by molar-refractivity contribution is 0.288. The van der Waals surface area contributed by atoms with Gasteiger partial charge in [-0.25, -0.2) is 0 Å². The zero-order chi connectivity index (χ0) is 13.2. The molecule has 0 saturated heterocycles. The van der Waals surface area contributed by atoms with E-state index in [1.807, 2.05) is 30.3 Å². The van der Waals surface area contributed by atoms with Crippen LogP contribution in [-0.4, -0.2) is 11.7 Å². The third-order valence-electron chi connectivity index (χ3n) is 2.48. The highest BCUT2D eigenvalue weighted by atomic mass is 79.9. The van der Waals surface area contributed by atoms with Crippen molar-refractivity contribution in [3.05, 3.63) is 70.2 Å². The molecule has 0 unspecified atom stereocenters. The standard InChI is InChI=1S/C10H14O.C6H5Br/c1-9-4-6-10(7-5-9)3-2-8-11;7-6-4-2-1-3-5-6/h4-7,11H,2-3,8H2,1H3;1-5H. The zero-order valence-corrected chi connectivity index (χ0v) is 12.2. The van der Waals surface area contributed by atoms with E-state index in [1.54, 1.807) is 0 Å². The smallest absolute Gasteiger partial charge is 0.0434 e. The Morgan fingerprint density at radius 2 is 1.56 bits per heavy atom. The van der Waals surface area contributed by atoms with Crippen LogP contribution in [0.4, 0.5) is 0 Å². The van der Waals surface area contributed by atoms with E-state index in [2.05, 4.69) is 47.1 Å². The lowest BCUT2D eigenvalue weighted by Crippen LogP contribution is -1.88. The molecule has 0 aliphatic heterocycles. The van der Waals surface area contributed by atoms with Crippen molar-refractivity contribution in [3.63, 3.8) is 0 Å². The number of rotatable bonds is 3. The van der Waals surface area contributed by atoms with Gasteiger partial charge in [0.2, 0.25) is 0 Å². The van der Waals surface area contributed by atoms with E-state index < -0.39 is 0 Å². The Labute approximate surface area is 118 Å². The summed E-state index contributed by atoms with van der Waals surface area (Å²) in [6, 6.07) is 18.4. The van der Waals surface area contributed by atoms with Crippen LogP contribution >= 0.6 is 15.9 Å². The van der Waals surface area contributed by atoms with Crippen LogP contribution in [0.25, 0.3) is 0 Å². The van der Waals surface area contributed by atoms with Crippen LogP contribution in [0, 0.1) is 6.92 Å². The normalized spacial score (nSPS) is 9.50. The molecule has 0 aromatic heterocycles. The largest absolute Gasteiger partial charge is 0.396 e. The average molecular weight is 307 g/mol. The lowest BCUT2D eigenvalue weighted by atomic mass is 10.1. The molecular weight excluding hydrogens is 288 g/mol. The summed E-state index contributed by atoms with van der Waals surface area (Å²) in [7, 11) is 0. The number of halogens is 1. The van der Waals surface area contributed by atoms with E-state index in [0.29, 0.717) is 0 Å². The second kappa shape index (κ2) is 8.90. The van der Waals surface area contributed by atoms with Gasteiger partial charge < -0.3 is 5.11 Å². The monoisotopic (exact) mass is 306 g/mol. The maximum absolute atomic E-state index is 8.58. The number of hydrogen-bond donors (Lipinski definition) is 1. The molecule has 0 spiro atoms. The minimum atomic E-state index is 0.286. The first-order chi connectivity index (χ1) is 8.72. The Kier molecular flexibility index (Phi) is 7.38. The number of aliphatic hydroxyl groups excluding tert-OH is 1. The molecule has 0 aliphatic rings. The van der Waals surface area contributed by atoms with Gasteiger partial charge in [0.25, 0.3) is 0 Å². The topological polar surface area (TPSA) is 20.2 Å². The van der Waals surface area contributed by atoms with Crippen molar-refractivity contribution in [2.75, 3.05) is 6.61 Å². The third-order valence-corrected chi connectivity index (χ3v) is 3.01. The minimum Gasteiger partial charge on any atom is -0.396 e. The highest BCUT2D eigenvalue weighted by Crippen LogP contribution is 2.05. The van der Waals surface area contributed by atoms with Gasteiger partial charge in [-0.05, 0) is 37.5 Å². The fourth-order valence-electron chi connectivity index (χ4n) is 1.45. The molecule has 18 heavy (non-hydrogen) atoms. The van der Waals surface area contributed by atoms with E-state index in [4.69, 9.17) is 5.11 Å². The van der Waals surface area contributed by atoms with Crippen molar-refractivity contribution < 1.29 is 5.11 Å². The molecular formula is C16H19BrO. The first kappa shape index (κ1) is 14.9. The molecule has 0 bridgehead atoms.